The number of para-hydroxylation sites is 1. The molecular formula is C30H27N3O2S2. The lowest BCUT2D eigenvalue weighted by Crippen LogP contribution is -2.27. The van der Waals surface area contributed by atoms with Crippen molar-refractivity contribution in [1.29, 1.82) is 0 Å². The zero-order chi connectivity index (χ0) is 25.8. The summed E-state index contributed by atoms with van der Waals surface area (Å²) >= 11 is 6.92. The van der Waals surface area contributed by atoms with Crippen molar-refractivity contribution in [2.75, 3.05) is 6.61 Å². The molecule has 0 N–H and O–H groups in total. The van der Waals surface area contributed by atoms with Gasteiger partial charge in [0, 0.05) is 17.3 Å². The molecule has 0 aliphatic carbocycles. The average Bonchev–Trinajstić information content (AvgIpc) is 3.46. The number of hydrogen-bond donors (Lipinski definition) is 0. The van der Waals surface area contributed by atoms with E-state index < -0.39 is 0 Å². The Morgan fingerprint density at radius 3 is 2.43 bits per heavy atom. The van der Waals surface area contributed by atoms with Crippen LogP contribution in [-0.2, 0) is 11.3 Å². The molecule has 7 heteroatoms. The number of hydrogen-bond acceptors (Lipinski definition) is 5. The fourth-order valence-electron chi connectivity index (χ4n) is 4.01. The number of carbonyl (C=O) groups excluding carboxylic acids is 1. The zero-order valence-electron chi connectivity index (χ0n) is 20.8. The van der Waals surface area contributed by atoms with Gasteiger partial charge in [0.15, 0.2) is 0 Å². The van der Waals surface area contributed by atoms with Crippen LogP contribution in [0.15, 0.2) is 90.0 Å². The van der Waals surface area contributed by atoms with Crippen LogP contribution in [0, 0.1) is 6.92 Å². The van der Waals surface area contributed by atoms with E-state index in [-0.39, 0.29) is 5.91 Å². The van der Waals surface area contributed by atoms with Gasteiger partial charge in [-0.15, -0.1) is 0 Å². The lowest BCUT2D eigenvalue weighted by molar-refractivity contribution is -0.122. The molecule has 0 saturated carbocycles. The molecule has 1 amide bonds. The lowest BCUT2D eigenvalue weighted by Gasteiger charge is -2.14. The van der Waals surface area contributed by atoms with Gasteiger partial charge in [-0.2, -0.15) is 5.10 Å². The van der Waals surface area contributed by atoms with Crippen LogP contribution in [0.2, 0.25) is 0 Å². The van der Waals surface area contributed by atoms with E-state index in [2.05, 4.69) is 6.92 Å². The summed E-state index contributed by atoms with van der Waals surface area (Å²) in [5, 5.41) is 4.89. The van der Waals surface area contributed by atoms with Crippen molar-refractivity contribution in [2.45, 2.75) is 26.8 Å². The molecule has 1 saturated heterocycles. The van der Waals surface area contributed by atoms with Gasteiger partial charge in [0.1, 0.15) is 10.1 Å². The molecule has 0 bridgehead atoms. The highest BCUT2D eigenvalue weighted by Crippen LogP contribution is 2.36. The summed E-state index contributed by atoms with van der Waals surface area (Å²) in [6.07, 6.45) is 4.81. The van der Waals surface area contributed by atoms with Crippen LogP contribution in [-0.4, -0.2) is 31.5 Å². The van der Waals surface area contributed by atoms with E-state index in [1.165, 1.54) is 17.3 Å². The van der Waals surface area contributed by atoms with Gasteiger partial charge in [-0.1, -0.05) is 78.9 Å². The lowest BCUT2D eigenvalue weighted by atomic mass is 10.1. The van der Waals surface area contributed by atoms with Crippen molar-refractivity contribution in [2.24, 2.45) is 0 Å². The Balaban J connectivity index is 1.48. The second-order valence-corrected chi connectivity index (χ2v) is 10.5. The molecule has 1 aliphatic heterocycles. The summed E-state index contributed by atoms with van der Waals surface area (Å²) < 4.78 is 8.15. The standard InChI is InChI=1S/C30H27N3O2S2/c1-3-17-35-26-15-13-23(14-16-26)28-24(20-33(31-28)25-7-5-4-6-8-25)18-27-29(34)32(30(36)37-27)19-22-11-9-21(2)10-12-22/h4-16,18,20H,3,17,19H2,1-2H3/b27-18-. The number of amides is 1. The topological polar surface area (TPSA) is 47.4 Å². The number of aromatic nitrogens is 2. The maximum Gasteiger partial charge on any atom is 0.266 e. The molecule has 1 fully saturated rings. The predicted octanol–water partition coefficient (Wildman–Crippen LogP) is 7.04. The number of rotatable bonds is 8. The second-order valence-electron chi connectivity index (χ2n) is 8.84. The molecule has 5 nitrogen and oxygen atoms in total. The molecule has 4 aromatic rings. The van der Waals surface area contributed by atoms with Crippen molar-refractivity contribution >= 4 is 40.3 Å². The zero-order valence-corrected chi connectivity index (χ0v) is 22.4. The highest BCUT2D eigenvalue weighted by atomic mass is 32.2. The summed E-state index contributed by atoms with van der Waals surface area (Å²) in [7, 11) is 0. The largest absolute Gasteiger partial charge is 0.494 e. The fraction of sp³-hybridized carbons (Fsp3) is 0.167. The van der Waals surface area contributed by atoms with Gasteiger partial charge in [0.05, 0.1) is 29.4 Å². The van der Waals surface area contributed by atoms with E-state index in [9.17, 15) is 4.79 Å². The number of benzene rings is 3. The highest BCUT2D eigenvalue weighted by Gasteiger charge is 2.32. The van der Waals surface area contributed by atoms with Gasteiger partial charge in [-0.25, -0.2) is 4.68 Å². The van der Waals surface area contributed by atoms with Crippen LogP contribution in [0.4, 0.5) is 0 Å². The van der Waals surface area contributed by atoms with Crippen molar-refractivity contribution < 1.29 is 9.53 Å². The molecule has 0 atom stereocenters. The molecule has 2 heterocycles. The first-order valence-corrected chi connectivity index (χ1v) is 13.4. The second kappa shape index (κ2) is 11.2. The molecule has 5 rings (SSSR count). The monoisotopic (exact) mass is 525 g/mol. The van der Waals surface area contributed by atoms with Gasteiger partial charge < -0.3 is 4.74 Å². The maximum absolute atomic E-state index is 13.4. The van der Waals surface area contributed by atoms with Crippen molar-refractivity contribution in [3.63, 3.8) is 0 Å². The van der Waals surface area contributed by atoms with E-state index in [1.807, 2.05) is 103 Å². The minimum Gasteiger partial charge on any atom is -0.494 e. The number of aryl methyl sites for hydroxylation is 1. The Labute approximate surface area is 226 Å². The third-order valence-electron chi connectivity index (χ3n) is 5.99. The minimum atomic E-state index is -0.0858. The van der Waals surface area contributed by atoms with E-state index in [1.54, 1.807) is 4.90 Å². The molecule has 0 radical (unpaired) electrons. The Hall–Kier alpha value is -3.68. The molecule has 0 unspecified atom stereocenters. The molecule has 186 valence electrons. The third-order valence-corrected chi connectivity index (χ3v) is 7.36. The average molecular weight is 526 g/mol. The molecular weight excluding hydrogens is 498 g/mol. The van der Waals surface area contributed by atoms with Crippen molar-refractivity contribution in [3.05, 3.63) is 107 Å². The highest BCUT2D eigenvalue weighted by molar-refractivity contribution is 8.26. The summed E-state index contributed by atoms with van der Waals surface area (Å²) in [6, 6.07) is 26.0. The Kier molecular flexibility index (Phi) is 7.53. The normalized spacial score (nSPS) is 14.5. The van der Waals surface area contributed by atoms with Gasteiger partial charge in [-0.3, -0.25) is 9.69 Å². The van der Waals surface area contributed by atoms with Crippen LogP contribution >= 0.6 is 24.0 Å². The molecule has 0 spiro atoms. The minimum absolute atomic E-state index is 0.0858. The van der Waals surface area contributed by atoms with E-state index >= 15 is 0 Å². The van der Waals surface area contributed by atoms with Gasteiger partial charge >= 0.3 is 0 Å². The van der Waals surface area contributed by atoms with Crippen LogP contribution < -0.4 is 4.74 Å². The Bertz CT molecular complexity index is 1440. The van der Waals surface area contributed by atoms with Crippen LogP contribution in [0.25, 0.3) is 23.0 Å². The third kappa shape index (κ3) is 5.68. The number of nitrogens with zero attached hydrogens (tertiary/aromatic N) is 3. The van der Waals surface area contributed by atoms with E-state index in [0.29, 0.717) is 22.4 Å². The number of thiocarbonyl (C=S) groups is 1. The number of thioether (sulfide) groups is 1. The summed E-state index contributed by atoms with van der Waals surface area (Å²) in [6.45, 7) is 5.26. The van der Waals surface area contributed by atoms with Gasteiger partial charge in [-0.05, 0) is 61.4 Å². The summed E-state index contributed by atoms with van der Waals surface area (Å²) in [5.41, 5.74) is 5.75. The van der Waals surface area contributed by atoms with E-state index in [4.69, 9.17) is 22.1 Å². The summed E-state index contributed by atoms with van der Waals surface area (Å²) in [5.74, 6) is 0.740. The molecule has 37 heavy (non-hydrogen) atoms. The first-order valence-electron chi connectivity index (χ1n) is 12.2. The molecule has 3 aromatic carbocycles. The Morgan fingerprint density at radius 2 is 1.73 bits per heavy atom. The quantitative estimate of drug-likeness (QED) is 0.182. The first-order chi connectivity index (χ1) is 18.0. The van der Waals surface area contributed by atoms with Crippen LogP contribution in [0.5, 0.6) is 5.75 Å². The molecule has 1 aliphatic rings. The predicted molar refractivity (Wildman–Crippen MR) is 155 cm³/mol. The van der Waals surface area contributed by atoms with E-state index in [0.717, 1.165) is 40.2 Å². The number of ether oxygens (including phenoxy) is 1. The van der Waals surface area contributed by atoms with Crippen molar-refractivity contribution in [1.82, 2.24) is 14.7 Å². The van der Waals surface area contributed by atoms with Crippen LogP contribution in [0.3, 0.4) is 0 Å². The van der Waals surface area contributed by atoms with Crippen molar-refractivity contribution in [3.8, 4) is 22.7 Å². The smallest absolute Gasteiger partial charge is 0.266 e. The fourth-order valence-corrected chi connectivity index (χ4v) is 5.26. The molecule has 1 aromatic heterocycles. The van der Waals surface area contributed by atoms with Gasteiger partial charge in [0.2, 0.25) is 0 Å². The maximum atomic E-state index is 13.4. The number of carbonyl (C=O) groups is 1. The van der Waals surface area contributed by atoms with Crippen LogP contribution in [0.1, 0.15) is 30.0 Å². The SMILES string of the molecule is CCCOc1ccc(-c2nn(-c3ccccc3)cc2/C=C2\SC(=S)N(Cc3ccc(C)cc3)C2=O)cc1. The van der Waals surface area contributed by atoms with Gasteiger partial charge in [0.25, 0.3) is 5.91 Å². The Morgan fingerprint density at radius 1 is 1.00 bits per heavy atom. The first kappa shape index (κ1) is 25.0. The summed E-state index contributed by atoms with van der Waals surface area (Å²) in [4.78, 5) is 15.6.